The molecule has 0 aliphatic rings. The van der Waals surface area contributed by atoms with Gasteiger partial charge in [-0.15, -0.1) is 4.98 Å². The second kappa shape index (κ2) is 14.4. The van der Waals surface area contributed by atoms with E-state index in [0.717, 1.165) is 38.5 Å². The molecule has 1 rings (SSSR count). The number of allylic oxidation sites excluding steroid dienone is 4. The van der Waals surface area contributed by atoms with Crippen LogP contribution in [0.4, 0.5) is 0 Å². The highest BCUT2D eigenvalue weighted by Gasteiger charge is 2.10. The van der Waals surface area contributed by atoms with E-state index in [4.69, 9.17) is 21.1 Å². The second-order valence-corrected chi connectivity index (χ2v) is 8.71. The molecular weight excluding hydrogens is 386 g/mol. The fourth-order valence-electron chi connectivity index (χ4n) is 2.75. The Morgan fingerprint density at radius 2 is 1.17 bits per heavy atom. The lowest BCUT2D eigenvalue weighted by Gasteiger charge is -2.12. The fraction of sp³-hybridized carbons (Fsp3) is 0.696. The first-order valence-corrected chi connectivity index (χ1v) is 11.1. The molecule has 2 unspecified atom stereocenters. The summed E-state index contributed by atoms with van der Waals surface area (Å²) in [5, 5.41) is 0.0956. The average molecular weight is 424 g/mol. The van der Waals surface area contributed by atoms with E-state index in [-0.39, 0.29) is 17.3 Å². The molecule has 1 heterocycles. The Balaban J connectivity index is 2.36. The second-order valence-electron chi connectivity index (χ2n) is 8.37. The van der Waals surface area contributed by atoms with E-state index in [9.17, 15) is 0 Å². The molecule has 164 valence electrons. The summed E-state index contributed by atoms with van der Waals surface area (Å²) in [5.41, 5.74) is 2.73. The summed E-state index contributed by atoms with van der Waals surface area (Å²) in [6, 6.07) is 0.459. The lowest BCUT2D eigenvalue weighted by Crippen LogP contribution is -2.10. The zero-order valence-electron chi connectivity index (χ0n) is 19.0. The minimum Gasteiger partial charge on any atom is -0.463 e. The molecule has 0 radical (unpaired) electrons. The van der Waals surface area contributed by atoms with Crippen LogP contribution < -0.4 is 9.47 Å². The molecule has 0 N–H and O–H groups in total. The number of aromatic nitrogens is 3. The van der Waals surface area contributed by atoms with Crippen LogP contribution in [-0.2, 0) is 0 Å². The first-order valence-electron chi connectivity index (χ1n) is 10.7. The summed E-state index contributed by atoms with van der Waals surface area (Å²) in [6.45, 7) is 14.1. The van der Waals surface area contributed by atoms with Crippen molar-refractivity contribution in [1.82, 2.24) is 15.0 Å². The predicted octanol–water partition coefficient (Wildman–Crippen LogP) is 6.83. The number of halogens is 1. The number of rotatable bonds is 14. The molecular formula is C23H38ClN3O2. The SMILES string of the molecule is CC(C)=CCCC(C)CCOc1nc(Cl)nc(OCCC(C)CCC=C(C)C)n1. The van der Waals surface area contributed by atoms with E-state index in [1.165, 1.54) is 11.1 Å². The van der Waals surface area contributed by atoms with Crippen LogP contribution in [0.15, 0.2) is 23.3 Å². The van der Waals surface area contributed by atoms with Gasteiger partial charge in [-0.2, -0.15) is 9.97 Å². The Kier molecular flexibility index (Phi) is 12.6. The molecule has 5 nitrogen and oxygen atoms in total. The Labute approximate surface area is 182 Å². The standard InChI is InChI=1S/C23H38ClN3O2/c1-17(2)9-7-11-19(5)13-15-28-22-25-21(24)26-23(27-22)29-16-14-20(6)12-8-10-18(3)4/h9-10,19-20H,7-8,11-16H2,1-6H3. The van der Waals surface area contributed by atoms with E-state index >= 15 is 0 Å². The average Bonchev–Trinajstić information content (AvgIpc) is 2.60. The quantitative estimate of drug-likeness (QED) is 0.307. The van der Waals surface area contributed by atoms with Crippen molar-refractivity contribution in [3.63, 3.8) is 0 Å². The maximum Gasteiger partial charge on any atom is 0.323 e. The Hall–Kier alpha value is -1.62. The highest BCUT2D eigenvalue weighted by atomic mass is 35.5. The molecule has 0 saturated carbocycles. The van der Waals surface area contributed by atoms with Crippen molar-refractivity contribution in [3.05, 3.63) is 28.6 Å². The first kappa shape index (κ1) is 25.4. The third-order valence-corrected chi connectivity index (χ3v) is 4.84. The fourth-order valence-corrected chi connectivity index (χ4v) is 2.89. The van der Waals surface area contributed by atoms with Crippen LogP contribution in [0.1, 0.15) is 80.1 Å². The molecule has 0 aromatic carbocycles. The van der Waals surface area contributed by atoms with Gasteiger partial charge in [-0.25, -0.2) is 0 Å². The van der Waals surface area contributed by atoms with Crippen LogP contribution in [0.3, 0.4) is 0 Å². The van der Waals surface area contributed by atoms with Gasteiger partial charge in [-0.3, -0.25) is 0 Å². The van der Waals surface area contributed by atoms with E-state index in [0.29, 0.717) is 25.0 Å². The van der Waals surface area contributed by atoms with Gasteiger partial charge in [0.05, 0.1) is 13.2 Å². The van der Waals surface area contributed by atoms with Gasteiger partial charge in [-0.05, 0) is 89.7 Å². The molecule has 0 bridgehead atoms. The number of ether oxygens (including phenoxy) is 2. The van der Waals surface area contributed by atoms with Gasteiger partial charge in [-0.1, -0.05) is 37.1 Å². The van der Waals surface area contributed by atoms with Crippen molar-refractivity contribution in [1.29, 1.82) is 0 Å². The summed E-state index contributed by atoms with van der Waals surface area (Å²) >= 11 is 5.99. The first-order chi connectivity index (χ1) is 13.8. The number of nitrogens with zero attached hydrogens (tertiary/aromatic N) is 3. The van der Waals surface area contributed by atoms with Gasteiger partial charge >= 0.3 is 12.0 Å². The largest absolute Gasteiger partial charge is 0.463 e. The van der Waals surface area contributed by atoms with Gasteiger partial charge < -0.3 is 9.47 Å². The third-order valence-electron chi connectivity index (χ3n) is 4.67. The zero-order valence-corrected chi connectivity index (χ0v) is 19.8. The van der Waals surface area contributed by atoms with Gasteiger partial charge in [0.15, 0.2) is 0 Å². The molecule has 0 amide bonds. The molecule has 1 aromatic heterocycles. The summed E-state index contributed by atoms with van der Waals surface area (Å²) in [7, 11) is 0. The molecule has 0 saturated heterocycles. The van der Waals surface area contributed by atoms with Crippen molar-refractivity contribution in [2.45, 2.75) is 80.1 Å². The van der Waals surface area contributed by atoms with E-state index in [2.05, 4.69) is 68.6 Å². The topological polar surface area (TPSA) is 57.1 Å². The lowest BCUT2D eigenvalue weighted by molar-refractivity contribution is 0.235. The van der Waals surface area contributed by atoms with Gasteiger partial charge in [0.2, 0.25) is 5.28 Å². The molecule has 2 atom stereocenters. The van der Waals surface area contributed by atoms with Crippen LogP contribution in [0, 0.1) is 11.8 Å². The summed E-state index contributed by atoms with van der Waals surface area (Å²) in [5.74, 6) is 1.15. The Morgan fingerprint density at radius 3 is 1.55 bits per heavy atom. The molecule has 0 aliphatic carbocycles. The molecule has 6 heteroatoms. The Bertz CT molecular complexity index is 601. The lowest BCUT2D eigenvalue weighted by atomic mass is 10.0. The molecule has 0 fully saturated rings. The molecule has 0 spiro atoms. The van der Waals surface area contributed by atoms with Gasteiger partial charge in [0.1, 0.15) is 0 Å². The number of hydrogen-bond acceptors (Lipinski definition) is 5. The highest BCUT2D eigenvalue weighted by molar-refractivity contribution is 6.28. The van der Waals surface area contributed by atoms with E-state index in [1.54, 1.807) is 0 Å². The normalized spacial score (nSPS) is 12.8. The third kappa shape index (κ3) is 13.3. The monoisotopic (exact) mass is 423 g/mol. The predicted molar refractivity (Wildman–Crippen MR) is 121 cm³/mol. The van der Waals surface area contributed by atoms with Gasteiger partial charge in [0, 0.05) is 0 Å². The number of hydrogen-bond donors (Lipinski definition) is 0. The van der Waals surface area contributed by atoms with Crippen molar-refractivity contribution >= 4 is 11.6 Å². The van der Waals surface area contributed by atoms with Crippen molar-refractivity contribution < 1.29 is 9.47 Å². The Morgan fingerprint density at radius 1 is 0.759 bits per heavy atom. The zero-order chi connectivity index (χ0) is 21.6. The summed E-state index contributed by atoms with van der Waals surface area (Å²) in [4.78, 5) is 12.3. The van der Waals surface area contributed by atoms with Crippen LogP contribution in [0.2, 0.25) is 5.28 Å². The summed E-state index contributed by atoms with van der Waals surface area (Å²) < 4.78 is 11.4. The maximum absolute atomic E-state index is 5.99. The van der Waals surface area contributed by atoms with E-state index in [1.807, 2.05) is 0 Å². The van der Waals surface area contributed by atoms with Crippen molar-refractivity contribution in [2.24, 2.45) is 11.8 Å². The van der Waals surface area contributed by atoms with Crippen LogP contribution in [0.5, 0.6) is 12.0 Å². The molecule has 29 heavy (non-hydrogen) atoms. The van der Waals surface area contributed by atoms with Crippen LogP contribution in [0.25, 0.3) is 0 Å². The maximum atomic E-state index is 5.99. The van der Waals surface area contributed by atoms with E-state index < -0.39 is 0 Å². The highest BCUT2D eigenvalue weighted by Crippen LogP contribution is 2.17. The van der Waals surface area contributed by atoms with Crippen LogP contribution >= 0.6 is 11.6 Å². The minimum atomic E-state index is 0.0956. The smallest absolute Gasteiger partial charge is 0.323 e. The molecule has 1 aromatic rings. The van der Waals surface area contributed by atoms with Crippen LogP contribution in [-0.4, -0.2) is 28.2 Å². The summed E-state index contributed by atoms with van der Waals surface area (Å²) in [6.07, 6.45) is 10.9. The van der Waals surface area contributed by atoms with Crippen molar-refractivity contribution in [3.8, 4) is 12.0 Å². The molecule has 0 aliphatic heterocycles. The van der Waals surface area contributed by atoms with Crippen molar-refractivity contribution in [2.75, 3.05) is 13.2 Å². The minimum absolute atomic E-state index is 0.0956. The van der Waals surface area contributed by atoms with Gasteiger partial charge in [0.25, 0.3) is 0 Å².